The SMILES string of the molecule is CC(O)C(O)CO.CCC(C)P(=O)(O)C(C)CC.CCC(C)P(=O)(O)C(C)CC.CCC(C)P(=O)(O)C(C)CC. The molecular formula is C28H67O9P3. The van der Waals surface area contributed by atoms with Crippen LogP contribution in [0.5, 0.6) is 0 Å². The van der Waals surface area contributed by atoms with Crippen molar-refractivity contribution in [3.63, 3.8) is 0 Å². The van der Waals surface area contributed by atoms with Gasteiger partial charge in [0.2, 0.25) is 22.1 Å². The summed E-state index contributed by atoms with van der Waals surface area (Å²) in [4.78, 5) is 28.8. The normalized spacial score (nSPS) is 21.7. The molecule has 248 valence electrons. The van der Waals surface area contributed by atoms with Crippen molar-refractivity contribution in [1.29, 1.82) is 0 Å². The molecule has 0 fully saturated rings. The molecule has 8 atom stereocenters. The Bertz CT molecular complexity index is 621. The van der Waals surface area contributed by atoms with Crippen molar-refractivity contribution < 1.29 is 43.7 Å². The van der Waals surface area contributed by atoms with Gasteiger partial charge in [0.05, 0.1) is 12.7 Å². The van der Waals surface area contributed by atoms with E-state index >= 15 is 0 Å². The Morgan fingerprint density at radius 2 is 0.600 bits per heavy atom. The van der Waals surface area contributed by atoms with Gasteiger partial charge in [0.15, 0.2) is 0 Å². The van der Waals surface area contributed by atoms with E-state index in [4.69, 9.17) is 15.3 Å². The summed E-state index contributed by atoms with van der Waals surface area (Å²) in [6.07, 6.45) is 2.92. The molecule has 9 nitrogen and oxygen atoms in total. The van der Waals surface area contributed by atoms with Crippen molar-refractivity contribution in [3.05, 3.63) is 0 Å². The van der Waals surface area contributed by atoms with E-state index in [1.54, 1.807) is 0 Å². The van der Waals surface area contributed by atoms with Crippen LogP contribution < -0.4 is 0 Å². The van der Waals surface area contributed by atoms with Gasteiger partial charge in [-0.25, -0.2) is 0 Å². The number of aliphatic hydroxyl groups excluding tert-OH is 3. The van der Waals surface area contributed by atoms with Crippen LogP contribution in [-0.2, 0) is 13.7 Å². The number of hydrogen-bond donors (Lipinski definition) is 6. The highest BCUT2D eigenvalue weighted by molar-refractivity contribution is 7.60. The Kier molecular flexibility index (Phi) is 28.3. The van der Waals surface area contributed by atoms with Gasteiger partial charge in [0, 0.05) is 34.0 Å². The summed E-state index contributed by atoms with van der Waals surface area (Å²) in [5.41, 5.74) is -0.264. The second-order valence-electron chi connectivity index (χ2n) is 11.1. The Morgan fingerprint density at radius 3 is 0.650 bits per heavy atom. The van der Waals surface area contributed by atoms with Crippen LogP contribution >= 0.6 is 22.1 Å². The van der Waals surface area contributed by atoms with E-state index in [0.717, 1.165) is 38.5 Å². The topological polar surface area (TPSA) is 173 Å². The van der Waals surface area contributed by atoms with Gasteiger partial charge in [-0.05, 0) is 45.4 Å². The first-order valence-corrected chi connectivity index (χ1v) is 20.4. The standard InChI is InChI=1S/3C8H19O2P.C4H10O3/c3*1-5-7(3)11(9,10)8(4)6-2;1-3(6)4(7)2-5/h3*7-8H,5-6H2,1-4H3,(H,9,10);3-7H,2H2,1H3. The average molecular weight is 641 g/mol. The number of rotatable bonds is 14. The summed E-state index contributed by atoms with van der Waals surface area (Å²) < 4.78 is 34.9. The van der Waals surface area contributed by atoms with E-state index in [1.807, 2.05) is 83.1 Å². The highest BCUT2D eigenvalue weighted by Crippen LogP contribution is 2.54. The number of aliphatic hydroxyl groups is 3. The maximum Gasteiger partial charge on any atom is 0.206 e. The maximum atomic E-state index is 11.6. The molecule has 0 aromatic heterocycles. The van der Waals surface area contributed by atoms with Crippen molar-refractivity contribution in [2.45, 2.75) is 175 Å². The van der Waals surface area contributed by atoms with Crippen LogP contribution in [0.4, 0.5) is 0 Å². The van der Waals surface area contributed by atoms with Crippen LogP contribution in [0.1, 0.15) is 129 Å². The van der Waals surface area contributed by atoms with Gasteiger partial charge < -0.3 is 30.0 Å². The van der Waals surface area contributed by atoms with Gasteiger partial charge in [-0.1, -0.05) is 83.1 Å². The van der Waals surface area contributed by atoms with E-state index in [-0.39, 0.29) is 40.6 Å². The molecule has 0 saturated heterocycles. The molecule has 8 unspecified atom stereocenters. The van der Waals surface area contributed by atoms with Crippen molar-refractivity contribution in [2.75, 3.05) is 6.61 Å². The van der Waals surface area contributed by atoms with E-state index in [0.29, 0.717) is 0 Å². The minimum Gasteiger partial charge on any atom is -0.394 e. The van der Waals surface area contributed by atoms with Gasteiger partial charge in [0.25, 0.3) is 0 Å². The third-order valence-corrected chi connectivity index (χ3v) is 17.8. The van der Waals surface area contributed by atoms with Gasteiger partial charge in [0.1, 0.15) is 6.10 Å². The number of hydrogen-bond acceptors (Lipinski definition) is 6. The zero-order valence-electron chi connectivity index (χ0n) is 27.8. The molecule has 12 heteroatoms. The molecule has 0 bridgehead atoms. The van der Waals surface area contributed by atoms with E-state index in [2.05, 4.69) is 0 Å². The molecule has 0 aromatic rings. The Morgan fingerprint density at radius 1 is 0.450 bits per heavy atom. The third kappa shape index (κ3) is 18.2. The first-order valence-electron chi connectivity index (χ1n) is 15.0. The summed E-state index contributed by atoms with van der Waals surface area (Å²) in [5.74, 6) is 0. The first kappa shape index (κ1) is 47.4. The van der Waals surface area contributed by atoms with Crippen LogP contribution in [0.3, 0.4) is 0 Å². The van der Waals surface area contributed by atoms with Crippen LogP contribution in [0, 0.1) is 0 Å². The maximum absolute atomic E-state index is 11.6. The molecule has 0 aliphatic carbocycles. The van der Waals surface area contributed by atoms with Crippen molar-refractivity contribution in [3.8, 4) is 0 Å². The molecule has 0 saturated carbocycles. The molecule has 40 heavy (non-hydrogen) atoms. The summed E-state index contributed by atoms with van der Waals surface area (Å²) in [7, 11) is -8.62. The summed E-state index contributed by atoms with van der Waals surface area (Å²) in [6, 6.07) is 0. The second kappa shape index (κ2) is 23.9. The second-order valence-corrected chi connectivity index (χ2v) is 20.4. The molecule has 0 aliphatic rings. The zero-order valence-corrected chi connectivity index (χ0v) is 30.5. The molecule has 0 aliphatic heterocycles. The van der Waals surface area contributed by atoms with Gasteiger partial charge in [-0.15, -0.1) is 0 Å². The Labute approximate surface area is 247 Å². The lowest BCUT2D eigenvalue weighted by molar-refractivity contribution is -0.00425. The van der Waals surface area contributed by atoms with Crippen molar-refractivity contribution >= 4 is 22.1 Å². The predicted molar refractivity (Wildman–Crippen MR) is 173 cm³/mol. The Balaban J connectivity index is -0.000000219. The minimum atomic E-state index is -2.87. The smallest absolute Gasteiger partial charge is 0.206 e. The lowest BCUT2D eigenvalue weighted by Crippen LogP contribution is -2.25. The summed E-state index contributed by atoms with van der Waals surface area (Å²) in [6.45, 7) is 23.9. The molecule has 0 aromatic carbocycles. The molecule has 6 N–H and O–H groups in total. The van der Waals surface area contributed by atoms with E-state index in [9.17, 15) is 28.4 Å². The van der Waals surface area contributed by atoms with Crippen molar-refractivity contribution in [2.24, 2.45) is 0 Å². The third-order valence-electron chi connectivity index (χ3n) is 8.08. The molecule has 0 heterocycles. The quantitative estimate of drug-likeness (QED) is 0.107. The zero-order chi connectivity index (χ0) is 33.1. The fraction of sp³-hybridized carbons (Fsp3) is 1.00. The summed E-state index contributed by atoms with van der Waals surface area (Å²) >= 11 is 0. The predicted octanol–water partition coefficient (Wildman–Crippen LogP) is 7.28. The van der Waals surface area contributed by atoms with E-state index in [1.165, 1.54) is 6.92 Å². The highest BCUT2D eigenvalue weighted by atomic mass is 31.2. The molecule has 0 radical (unpaired) electrons. The summed E-state index contributed by atoms with van der Waals surface area (Å²) in [5, 5.41) is 24.9. The average Bonchev–Trinajstić information content (AvgIpc) is 2.94. The van der Waals surface area contributed by atoms with Crippen LogP contribution in [0.15, 0.2) is 0 Å². The van der Waals surface area contributed by atoms with Crippen molar-refractivity contribution in [1.82, 2.24) is 0 Å². The van der Waals surface area contributed by atoms with Crippen LogP contribution in [-0.4, -0.2) is 82.8 Å². The van der Waals surface area contributed by atoms with Crippen LogP contribution in [0.2, 0.25) is 0 Å². The van der Waals surface area contributed by atoms with Gasteiger partial charge >= 0.3 is 0 Å². The highest BCUT2D eigenvalue weighted by Gasteiger charge is 2.32. The first-order chi connectivity index (χ1) is 18.1. The van der Waals surface area contributed by atoms with Gasteiger partial charge in [-0.3, -0.25) is 13.7 Å². The molecular weight excluding hydrogens is 573 g/mol. The largest absolute Gasteiger partial charge is 0.394 e. The fourth-order valence-electron chi connectivity index (χ4n) is 3.03. The monoisotopic (exact) mass is 640 g/mol. The van der Waals surface area contributed by atoms with Gasteiger partial charge in [-0.2, -0.15) is 0 Å². The minimum absolute atomic E-state index is 0.0440. The lowest BCUT2D eigenvalue weighted by atomic mass is 10.2. The fourth-order valence-corrected chi connectivity index (χ4v) is 8.77. The van der Waals surface area contributed by atoms with E-state index < -0.39 is 34.3 Å². The lowest BCUT2D eigenvalue weighted by Gasteiger charge is -2.23. The van der Waals surface area contributed by atoms with Crippen LogP contribution in [0.25, 0.3) is 0 Å². The molecule has 0 spiro atoms. The molecule has 0 rings (SSSR count). The molecule has 0 amide bonds. The Hall–Kier alpha value is 0.450.